The molecule has 1 unspecified atom stereocenters. The first-order valence-corrected chi connectivity index (χ1v) is 8.62. The number of nitrogens with zero attached hydrogens (tertiary/aromatic N) is 2. The van der Waals surface area contributed by atoms with Crippen LogP contribution >= 0.6 is 0 Å². The Kier molecular flexibility index (Phi) is 9.48. The molecule has 2 nitrogen and oxygen atoms in total. The van der Waals surface area contributed by atoms with E-state index in [1.54, 1.807) is 0 Å². The molecular formula is C18H34N2. The van der Waals surface area contributed by atoms with Gasteiger partial charge in [0.2, 0.25) is 0 Å². The number of hydrogen-bond donors (Lipinski definition) is 0. The summed E-state index contributed by atoms with van der Waals surface area (Å²) in [5, 5.41) is 0. The molecule has 0 N–H and O–H groups in total. The summed E-state index contributed by atoms with van der Waals surface area (Å²) in [5.74, 6) is 0. The third-order valence-electron chi connectivity index (χ3n) is 4.25. The Morgan fingerprint density at radius 2 is 1.60 bits per heavy atom. The molecule has 1 saturated heterocycles. The van der Waals surface area contributed by atoms with Crippen molar-refractivity contribution < 1.29 is 0 Å². The van der Waals surface area contributed by atoms with Gasteiger partial charge in [-0.2, -0.15) is 0 Å². The van der Waals surface area contributed by atoms with Gasteiger partial charge < -0.3 is 9.47 Å². The van der Waals surface area contributed by atoms with E-state index in [-0.39, 0.29) is 0 Å². The van der Waals surface area contributed by atoms with Crippen molar-refractivity contribution in [2.75, 3.05) is 19.6 Å². The molecule has 1 aromatic heterocycles. The Hall–Kier alpha value is -0.760. The van der Waals surface area contributed by atoms with Crippen LogP contribution in [0.2, 0.25) is 0 Å². The summed E-state index contributed by atoms with van der Waals surface area (Å²) < 4.78 is 2.22. The van der Waals surface area contributed by atoms with Crippen LogP contribution in [0.1, 0.15) is 71.8 Å². The monoisotopic (exact) mass is 278 g/mol. The average Bonchev–Trinajstić information content (AvgIpc) is 3.03. The SMILES string of the molecule is CCC(C)n1cccc1.CCCCCN1CCCCC1. The third-order valence-corrected chi connectivity index (χ3v) is 4.25. The summed E-state index contributed by atoms with van der Waals surface area (Å²) in [7, 11) is 0. The van der Waals surface area contributed by atoms with Gasteiger partial charge in [-0.15, -0.1) is 0 Å². The quantitative estimate of drug-likeness (QED) is 0.656. The van der Waals surface area contributed by atoms with Crippen molar-refractivity contribution in [3.8, 4) is 0 Å². The molecule has 1 aromatic rings. The molecule has 2 heteroatoms. The van der Waals surface area contributed by atoms with Crippen LogP contribution < -0.4 is 0 Å². The largest absolute Gasteiger partial charge is 0.352 e. The van der Waals surface area contributed by atoms with Crippen molar-refractivity contribution in [2.45, 2.75) is 71.8 Å². The van der Waals surface area contributed by atoms with E-state index in [1.807, 2.05) is 0 Å². The molecule has 1 fully saturated rings. The van der Waals surface area contributed by atoms with E-state index in [4.69, 9.17) is 0 Å². The smallest absolute Gasteiger partial charge is 0.0299 e. The fourth-order valence-electron chi connectivity index (χ4n) is 2.62. The molecule has 2 heterocycles. The van der Waals surface area contributed by atoms with Gasteiger partial charge in [0, 0.05) is 18.4 Å². The highest BCUT2D eigenvalue weighted by molar-refractivity contribution is 4.92. The Morgan fingerprint density at radius 1 is 0.950 bits per heavy atom. The van der Waals surface area contributed by atoms with Gasteiger partial charge in [0.25, 0.3) is 0 Å². The van der Waals surface area contributed by atoms with Gasteiger partial charge >= 0.3 is 0 Å². The summed E-state index contributed by atoms with van der Waals surface area (Å²) in [5.41, 5.74) is 0. The number of rotatable bonds is 6. The lowest BCUT2D eigenvalue weighted by Crippen LogP contribution is -2.30. The van der Waals surface area contributed by atoms with Gasteiger partial charge in [-0.25, -0.2) is 0 Å². The van der Waals surface area contributed by atoms with Crippen LogP contribution in [-0.2, 0) is 0 Å². The second kappa shape index (κ2) is 11.0. The van der Waals surface area contributed by atoms with Crippen LogP contribution in [0.5, 0.6) is 0 Å². The predicted molar refractivity (Wildman–Crippen MR) is 89.3 cm³/mol. The topological polar surface area (TPSA) is 8.17 Å². The second-order valence-electron chi connectivity index (χ2n) is 6.00. The molecule has 1 atom stereocenters. The average molecular weight is 278 g/mol. The van der Waals surface area contributed by atoms with Crippen LogP contribution in [0.25, 0.3) is 0 Å². The summed E-state index contributed by atoms with van der Waals surface area (Å²) in [6.07, 6.45) is 13.9. The first-order chi connectivity index (χ1) is 9.77. The predicted octanol–water partition coefficient (Wildman–Crippen LogP) is 5.12. The van der Waals surface area contributed by atoms with E-state index in [1.165, 1.54) is 64.6 Å². The van der Waals surface area contributed by atoms with Crippen molar-refractivity contribution in [1.82, 2.24) is 9.47 Å². The zero-order valence-corrected chi connectivity index (χ0v) is 13.9. The van der Waals surface area contributed by atoms with E-state index in [0.29, 0.717) is 6.04 Å². The first-order valence-electron chi connectivity index (χ1n) is 8.62. The van der Waals surface area contributed by atoms with Crippen LogP contribution in [0.4, 0.5) is 0 Å². The van der Waals surface area contributed by atoms with Crippen molar-refractivity contribution in [1.29, 1.82) is 0 Å². The maximum absolute atomic E-state index is 2.62. The normalized spacial score (nSPS) is 17.4. The number of hydrogen-bond acceptors (Lipinski definition) is 1. The van der Waals surface area contributed by atoms with Crippen LogP contribution in [0, 0.1) is 0 Å². The molecule has 0 amide bonds. The van der Waals surface area contributed by atoms with E-state index in [9.17, 15) is 0 Å². The van der Waals surface area contributed by atoms with E-state index in [2.05, 4.69) is 54.8 Å². The lowest BCUT2D eigenvalue weighted by molar-refractivity contribution is 0.224. The molecule has 1 aliphatic heterocycles. The van der Waals surface area contributed by atoms with Crippen LogP contribution in [0.3, 0.4) is 0 Å². The molecule has 0 spiro atoms. The Morgan fingerprint density at radius 3 is 2.15 bits per heavy atom. The molecule has 0 saturated carbocycles. The number of unbranched alkanes of at least 4 members (excludes halogenated alkanes) is 2. The zero-order chi connectivity index (χ0) is 14.6. The van der Waals surface area contributed by atoms with Crippen molar-refractivity contribution in [3.05, 3.63) is 24.5 Å². The second-order valence-corrected chi connectivity index (χ2v) is 6.00. The Balaban J connectivity index is 0.000000204. The number of aromatic nitrogens is 1. The van der Waals surface area contributed by atoms with Gasteiger partial charge in [-0.05, 0) is 64.4 Å². The summed E-state index contributed by atoms with van der Waals surface area (Å²) in [6, 6.07) is 4.78. The van der Waals surface area contributed by atoms with Gasteiger partial charge in [-0.1, -0.05) is 33.1 Å². The Bertz CT molecular complexity index is 299. The molecule has 2 rings (SSSR count). The molecular weight excluding hydrogens is 244 g/mol. The molecule has 20 heavy (non-hydrogen) atoms. The number of piperidine rings is 1. The lowest BCUT2D eigenvalue weighted by Gasteiger charge is -2.26. The van der Waals surface area contributed by atoms with E-state index >= 15 is 0 Å². The standard InChI is InChI=1S/C10H21N.C8H13N/c1-2-3-5-8-11-9-6-4-7-10-11;1-3-8(2)9-6-4-5-7-9/h2-10H2,1H3;4-8H,3H2,1-2H3. The van der Waals surface area contributed by atoms with Crippen LogP contribution in [0.15, 0.2) is 24.5 Å². The highest BCUT2D eigenvalue weighted by Gasteiger charge is 2.08. The minimum absolute atomic E-state index is 0.653. The lowest BCUT2D eigenvalue weighted by atomic mass is 10.1. The fraction of sp³-hybridized carbons (Fsp3) is 0.778. The van der Waals surface area contributed by atoms with Crippen molar-refractivity contribution in [3.63, 3.8) is 0 Å². The van der Waals surface area contributed by atoms with E-state index in [0.717, 1.165) is 0 Å². The van der Waals surface area contributed by atoms with Crippen molar-refractivity contribution >= 4 is 0 Å². The summed E-state index contributed by atoms with van der Waals surface area (Å²) in [4.78, 5) is 2.62. The van der Waals surface area contributed by atoms with Gasteiger partial charge in [0.05, 0.1) is 0 Å². The molecule has 0 bridgehead atoms. The highest BCUT2D eigenvalue weighted by Crippen LogP contribution is 2.09. The minimum atomic E-state index is 0.653. The Labute approximate surface area is 126 Å². The molecule has 0 aliphatic carbocycles. The highest BCUT2D eigenvalue weighted by atomic mass is 15.1. The molecule has 0 radical (unpaired) electrons. The van der Waals surface area contributed by atoms with Crippen LogP contribution in [-0.4, -0.2) is 29.1 Å². The minimum Gasteiger partial charge on any atom is -0.352 e. The van der Waals surface area contributed by atoms with Crippen molar-refractivity contribution in [2.24, 2.45) is 0 Å². The maximum Gasteiger partial charge on any atom is 0.0299 e. The third kappa shape index (κ3) is 7.14. The van der Waals surface area contributed by atoms with Gasteiger partial charge in [0.1, 0.15) is 0 Å². The summed E-state index contributed by atoms with van der Waals surface area (Å²) in [6.45, 7) is 10.8. The van der Waals surface area contributed by atoms with Gasteiger partial charge in [-0.3, -0.25) is 0 Å². The number of likely N-dealkylation sites (tertiary alicyclic amines) is 1. The maximum atomic E-state index is 2.62. The first kappa shape index (κ1) is 17.3. The van der Waals surface area contributed by atoms with E-state index < -0.39 is 0 Å². The summed E-state index contributed by atoms with van der Waals surface area (Å²) >= 11 is 0. The molecule has 1 aliphatic rings. The molecule has 116 valence electrons. The molecule has 0 aromatic carbocycles. The zero-order valence-electron chi connectivity index (χ0n) is 13.9. The van der Waals surface area contributed by atoms with Gasteiger partial charge in [0.15, 0.2) is 0 Å². The fourth-order valence-corrected chi connectivity index (χ4v) is 2.62.